The first-order chi connectivity index (χ1) is 17.0. The number of halogens is 2. The number of hydrogen-bond donors (Lipinski definition) is 2. The Balaban J connectivity index is 1.84. The molecule has 0 radical (unpaired) electrons. The van der Waals surface area contributed by atoms with Gasteiger partial charge in [0.1, 0.15) is 6.07 Å². The smallest absolute Gasteiger partial charge is 0.209 e. The minimum atomic E-state index is -0.323. The topological polar surface area (TPSA) is 121 Å². The Morgan fingerprint density at radius 2 is 1.86 bits per heavy atom. The number of carbonyl (C=O) groups excluding carboxylic acids is 1. The van der Waals surface area contributed by atoms with Crippen LogP contribution in [0, 0.1) is 11.3 Å². The number of H-pyrrole nitrogens is 2. The van der Waals surface area contributed by atoms with Crippen LogP contribution in [0.15, 0.2) is 82.5 Å². The van der Waals surface area contributed by atoms with Crippen LogP contribution in [-0.2, 0) is 0 Å². The van der Waals surface area contributed by atoms with Gasteiger partial charge in [-0.1, -0.05) is 56.9 Å². The number of carbonyl (C=O) groups is 1. The van der Waals surface area contributed by atoms with Crippen LogP contribution >= 0.6 is 27.5 Å². The minimum absolute atomic E-state index is 0.212. The van der Waals surface area contributed by atoms with E-state index in [-0.39, 0.29) is 17.0 Å². The molecule has 2 aromatic heterocycles. The van der Waals surface area contributed by atoms with Crippen molar-refractivity contribution in [1.29, 1.82) is 5.26 Å². The van der Waals surface area contributed by atoms with Crippen LogP contribution in [-0.4, -0.2) is 15.8 Å². The quantitative estimate of drug-likeness (QED) is 0.101. The summed E-state index contributed by atoms with van der Waals surface area (Å²) in [5.74, 6) is -0.323. The van der Waals surface area contributed by atoms with E-state index in [9.17, 15) is 10.1 Å². The molecule has 0 saturated heterocycles. The zero-order chi connectivity index (χ0) is 24.5. The summed E-state index contributed by atoms with van der Waals surface area (Å²) in [4.78, 5) is 23.0. The standard InChI is InChI=1S/C26H14BrClN6O/c27-15-7-10-21-18(11-15)20(13-31-21)24-19(12-29)23(17-3-1-2-4-22(17)33-34-30)25(32-24)26(35)14-5-8-16(28)9-6-14/h1-11,13,31-32H. The summed E-state index contributed by atoms with van der Waals surface area (Å²) >= 11 is 9.52. The highest BCUT2D eigenvalue weighted by atomic mass is 79.9. The van der Waals surface area contributed by atoms with Gasteiger partial charge in [0.15, 0.2) is 0 Å². The van der Waals surface area contributed by atoms with E-state index in [2.05, 4.69) is 42.0 Å². The molecule has 0 saturated carbocycles. The number of nitrogens with one attached hydrogen (secondary N) is 2. The summed E-state index contributed by atoms with van der Waals surface area (Å²) < 4.78 is 0.877. The Morgan fingerprint density at radius 1 is 1.09 bits per heavy atom. The molecule has 35 heavy (non-hydrogen) atoms. The van der Waals surface area contributed by atoms with Gasteiger partial charge in [0.05, 0.1) is 17.0 Å². The zero-order valence-electron chi connectivity index (χ0n) is 17.9. The number of rotatable bonds is 5. The second kappa shape index (κ2) is 9.16. The molecule has 5 rings (SSSR count). The summed E-state index contributed by atoms with van der Waals surface area (Å²) in [6, 6.07) is 21.4. The lowest BCUT2D eigenvalue weighted by molar-refractivity contribution is 0.103. The Morgan fingerprint density at radius 3 is 2.60 bits per heavy atom. The van der Waals surface area contributed by atoms with E-state index >= 15 is 0 Å². The molecule has 0 spiro atoms. The molecule has 0 atom stereocenters. The van der Waals surface area contributed by atoms with Crippen molar-refractivity contribution in [1.82, 2.24) is 9.97 Å². The third-order valence-electron chi connectivity index (χ3n) is 5.68. The Kier molecular flexibility index (Phi) is 5.89. The first-order valence-electron chi connectivity index (χ1n) is 10.4. The van der Waals surface area contributed by atoms with Crippen LogP contribution in [0.25, 0.3) is 43.7 Å². The Hall–Kier alpha value is -4.28. The SMILES string of the molecule is N#Cc1c(-c2c[nH]c3ccc(Br)cc23)[nH]c(C(=O)c2ccc(Cl)cc2)c1-c1ccccc1N=[N+]=[N-]. The lowest BCUT2D eigenvalue weighted by Crippen LogP contribution is -2.04. The predicted octanol–water partition coefficient (Wildman–Crippen LogP) is 8.29. The fraction of sp³-hybridized carbons (Fsp3) is 0. The number of nitrogens with zero attached hydrogens (tertiary/aromatic N) is 4. The van der Waals surface area contributed by atoms with E-state index in [1.165, 1.54) is 0 Å². The highest BCUT2D eigenvalue weighted by Gasteiger charge is 2.27. The molecule has 0 unspecified atom stereocenters. The summed E-state index contributed by atoms with van der Waals surface area (Å²) in [6.45, 7) is 0. The van der Waals surface area contributed by atoms with Crippen LogP contribution in [0.4, 0.5) is 5.69 Å². The van der Waals surface area contributed by atoms with E-state index in [1.807, 2.05) is 18.2 Å². The third-order valence-corrected chi connectivity index (χ3v) is 6.43. The van der Waals surface area contributed by atoms with Gasteiger partial charge in [0, 0.05) is 53.9 Å². The number of aromatic nitrogens is 2. The molecule has 0 fully saturated rings. The Labute approximate surface area is 212 Å². The minimum Gasteiger partial charge on any atom is -0.360 e. The van der Waals surface area contributed by atoms with Gasteiger partial charge in [-0.15, -0.1) is 0 Å². The van der Waals surface area contributed by atoms with E-state index in [0.29, 0.717) is 33.1 Å². The van der Waals surface area contributed by atoms with Gasteiger partial charge in [-0.25, -0.2) is 0 Å². The van der Waals surface area contributed by atoms with Crippen LogP contribution < -0.4 is 0 Å². The lowest BCUT2D eigenvalue weighted by atomic mass is 9.94. The molecule has 7 nitrogen and oxygen atoms in total. The van der Waals surface area contributed by atoms with Gasteiger partial charge < -0.3 is 9.97 Å². The molecular formula is C26H14BrClN6O. The maximum atomic E-state index is 13.7. The number of ketones is 1. The molecule has 0 aliphatic rings. The van der Waals surface area contributed by atoms with Crippen molar-refractivity contribution in [2.24, 2.45) is 5.11 Å². The molecule has 3 aromatic carbocycles. The number of aromatic amines is 2. The monoisotopic (exact) mass is 540 g/mol. The van der Waals surface area contributed by atoms with Crippen molar-refractivity contribution in [3.63, 3.8) is 0 Å². The second-order valence-corrected chi connectivity index (χ2v) is 9.02. The number of azide groups is 1. The first-order valence-corrected chi connectivity index (χ1v) is 11.6. The van der Waals surface area contributed by atoms with Crippen molar-refractivity contribution in [2.75, 3.05) is 0 Å². The highest BCUT2D eigenvalue weighted by molar-refractivity contribution is 9.10. The van der Waals surface area contributed by atoms with Crippen molar-refractivity contribution in [3.8, 4) is 28.5 Å². The third kappa shape index (κ3) is 3.98. The summed E-state index contributed by atoms with van der Waals surface area (Å²) in [5.41, 5.74) is 13.2. The molecule has 2 heterocycles. The van der Waals surface area contributed by atoms with E-state index in [1.54, 1.807) is 54.7 Å². The van der Waals surface area contributed by atoms with Gasteiger partial charge in [0.2, 0.25) is 5.78 Å². The fourth-order valence-corrected chi connectivity index (χ4v) is 4.61. The molecule has 9 heteroatoms. The van der Waals surface area contributed by atoms with E-state index in [0.717, 1.165) is 20.9 Å². The Bertz CT molecular complexity index is 1700. The maximum absolute atomic E-state index is 13.7. The van der Waals surface area contributed by atoms with Gasteiger partial charge in [-0.3, -0.25) is 4.79 Å². The maximum Gasteiger partial charge on any atom is 0.209 e. The first kappa shape index (κ1) is 22.5. The number of benzene rings is 3. The summed E-state index contributed by atoms with van der Waals surface area (Å²) in [7, 11) is 0. The van der Waals surface area contributed by atoms with E-state index < -0.39 is 0 Å². The molecule has 0 aliphatic carbocycles. The summed E-state index contributed by atoms with van der Waals surface area (Å²) in [6.07, 6.45) is 1.80. The number of nitriles is 1. The molecule has 5 aromatic rings. The lowest BCUT2D eigenvalue weighted by Gasteiger charge is -2.08. The highest BCUT2D eigenvalue weighted by Crippen LogP contribution is 2.42. The van der Waals surface area contributed by atoms with Crippen LogP contribution in [0.5, 0.6) is 0 Å². The number of hydrogen-bond acceptors (Lipinski definition) is 3. The molecular weight excluding hydrogens is 528 g/mol. The second-order valence-electron chi connectivity index (χ2n) is 7.67. The zero-order valence-corrected chi connectivity index (χ0v) is 20.2. The van der Waals surface area contributed by atoms with Crippen molar-refractivity contribution < 1.29 is 4.79 Å². The summed E-state index contributed by atoms with van der Waals surface area (Å²) in [5, 5.41) is 15.5. The van der Waals surface area contributed by atoms with Gasteiger partial charge in [-0.05, 0) is 53.6 Å². The van der Waals surface area contributed by atoms with Crippen LogP contribution in [0.1, 0.15) is 21.6 Å². The van der Waals surface area contributed by atoms with Gasteiger partial charge >= 0.3 is 0 Å². The van der Waals surface area contributed by atoms with Crippen LogP contribution in [0.2, 0.25) is 5.02 Å². The molecule has 0 aliphatic heterocycles. The molecule has 168 valence electrons. The number of fused-ring (bicyclic) bond motifs is 1. The fourth-order valence-electron chi connectivity index (χ4n) is 4.12. The molecule has 0 amide bonds. The van der Waals surface area contributed by atoms with Gasteiger partial charge in [-0.2, -0.15) is 5.26 Å². The molecule has 0 bridgehead atoms. The van der Waals surface area contributed by atoms with Crippen molar-refractivity contribution >= 4 is 49.9 Å². The van der Waals surface area contributed by atoms with Crippen LogP contribution in [0.3, 0.4) is 0 Å². The van der Waals surface area contributed by atoms with Crippen molar-refractivity contribution in [2.45, 2.75) is 0 Å². The van der Waals surface area contributed by atoms with E-state index in [4.69, 9.17) is 17.1 Å². The normalized spacial score (nSPS) is 10.7. The predicted molar refractivity (Wildman–Crippen MR) is 140 cm³/mol. The largest absolute Gasteiger partial charge is 0.360 e. The average molecular weight is 542 g/mol. The van der Waals surface area contributed by atoms with Crippen molar-refractivity contribution in [3.05, 3.63) is 110 Å². The molecule has 2 N–H and O–H groups in total. The average Bonchev–Trinajstić information content (AvgIpc) is 3.45. The van der Waals surface area contributed by atoms with Gasteiger partial charge in [0.25, 0.3) is 0 Å².